The van der Waals surface area contributed by atoms with Crippen LogP contribution in [0.15, 0.2) is 42.5 Å². The topological polar surface area (TPSA) is 83.6 Å². The number of pyridine rings is 1. The van der Waals surface area contributed by atoms with E-state index in [2.05, 4.69) is 15.6 Å². The number of aromatic nitrogens is 1. The lowest BCUT2D eigenvalue weighted by molar-refractivity contribution is 0.0943. The van der Waals surface area contributed by atoms with E-state index in [-0.39, 0.29) is 23.2 Å². The van der Waals surface area contributed by atoms with Crippen LogP contribution in [0.1, 0.15) is 26.5 Å². The van der Waals surface area contributed by atoms with E-state index in [1.165, 1.54) is 0 Å². The molecule has 0 radical (unpaired) electrons. The maximum atomic E-state index is 12.3. The summed E-state index contributed by atoms with van der Waals surface area (Å²) < 4.78 is 5.19. The highest BCUT2D eigenvalue weighted by Gasteiger charge is 2.12. The van der Waals surface area contributed by atoms with Crippen LogP contribution < -0.4 is 15.4 Å². The number of benzene rings is 1. The van der Waals surface area contributed by atoms with Crippen molar-refractivity contribution in [3.05, 3.63) is 59.4 Å². The van der Waals surface area contributed by atoms with Crippen molar-refractivity contribution >= 4 is 11.8 Å². The molecule has 2 aromatic rings. The maximum Gasteiger partial charge on any atom is 0.269 e. The molecule has 1 aromatic heterocycles. The lowest BCUT2D eigenvalue weighted by Crippen LogP contribution is -2.32. The van der Waals surface area contributed by atoms with E-state index in [0.717, 1.165) is 17.9 Å². The van der Waals surface area contributed by atoms with Gasteiger partial charge in [0.25, 0.3) is 11.8 Å². The van der Waals surface area contributed by atoms with Gasteiger partial charge in [0.15, 0.2) is 0 Å². The van der Waals surface area contributed by atoms with Crippen LogP contribution in [0, 0.1) is 0 Å². The molecule has 0 aliphatic carbocycles. The number of amides is 2. The van der Waals surface area contributed by atoms with Crippen LogP contribution in [0.3, 0.4) is 0 Å². The molecule has 2 amide bonds. The number of carbonyl (C=O) groups excluding carboxylic acids is 2. The number of nitrogens with one attached hydrogen (secondary N) is 2. The molecule has 0 saturated carbocycles. The maximum absolute atomic E-state index is 12.3. The zero-order chi connectivity index (χ0) is 19.6. The first kappa shape index (κ1) is 20.4. The minimum atomic E-state index is -0.305. The first-order valence-corrected chi connectivity index (χ1v) is 8.80. The Morgan fingerprint density at radius 1 is 1.00 bits per heavy atom. The van der Waals surface area contributed by atoms with E-state index in [4.69, 9.17) is 4.74 Å². The Morgan fingerprint density at radius 2 is 1.63 bits per heavy atom. The molecule has 1 heterocycles. The van der Waals surface area contributed by atoms with E-state index >= 15 is 0 Å². The Hall–Kier alpha value is -2.93. The summed E-state index contributed by atoms with van der Waals surface area (Å²) >= 11 is 0. The van der Waals surface area contributed by atoms with E-state index in [1.54, 1.807) is 25.3 Å². The van der Waals surface area contributed by atoms with Crippen molar-refractivity contribution in [2.75, 3.05) is 40.8 Å². The molecular formula is C20H26N4O3. The molecule has 7 nitrogen and oxygen atoms in total. The number of nitrogens with zero attached hydrogens (tertiary/aromatic N) is 2. The number of likely N-dealkylation sites (N-methyl/N-ethyl adjacent to an activating group) is 1. The number of ether oxygens (including phenoxy) is 1. The third kappa shape index (κ3) is 6.71. The average Bonchev–Trinajstić information content (AvgIpc) is 2.67. The summed E-state index contributed by atoms with van der Waals surface area (Å²) in [5.74, 6) is 0.192. The summed E-state index contributed by atoms with van der Waals surface area (Å²) in [5.41, 5.74) is 1.52. The molecular weight excluding hydrogens is 344 g/mol. The minimum Gasteiger partial charge on any atom is -0.497 e. The highest BCUT2D eigenvalue weighted by Crippen LogP contribution is 2.12. The van der Waals surface area contributed by atoms with Gasteiger partial charge in [-0.05, 0) is 50.3 Å². The van der Waals surface area contributed by atoms with E-state index in [9.17, 15) is 9.59 Å². The fourth-order valence-corrected chi connectivity index (χ4v) is 2.41. The van der Waals surface area contributed by atoms with Gasteiger partial charge in [0.2, 0.25) is 0 Å². The number of methoxy groups -OCH3 is 1. The number of hydrogen-bond acceptors (Lipinski definition) is 5. The van der Waals surface area contributed by atoms with Crippen LogP contribution in [0.2, 0.25) is 0 Å². The van der Waals surface area contributed by atoms with Gasteiger partial charge in [0.1, 0.15) is 17.1 Å². The summed E-state index contributed by atoms with van der Waals surface area (Å²) in [6, 6.07) is 12.5. The predicted molar refractivity (Wildman–Crippen MR) is 104 cm³/mol. The molecule has 0 unspecified atom stereocenters. The molecule has 27 heavy (non-hydrogen) atoms. The molecule has 0 aliphatic rings. The summed E-state index contributed by atoms with van der Waals surface area (Å²) in [6.45, 7) is 1.72. The predicted octanol–water partition coefficient (Wildman–Crippen LogP) is 1.35. The third-order valence-corrected chi connectivity index (χ3v) is 3.89. The van der Waals surface area contributed by atoms with Gasteiger partial charge in [0, 0.05) is 19.6 Å². The van der Waals surface area contributed by atoms with Crippen LogP contribution in [-0.2, 0) is 6.42 Å². The lowest BCUT2D eigenvalue weighted by atomic mass is 10.1. The second-order valence-corrected chi connectivity index (χ2v) is 6.32. The lowest BCUT2D eigenvalue weighted by Gasteiger charge is -2.10. The van der Waals surface area contributed by atoms with Gasteiger partial charge in [-0.2, -0.15) is 0 Å². The fraction of sp³-hybridized carbons (Fsp3) is 0.350. The largest absolute Gasteiger partial charge is 0.497 e. The molecule has 2 rings (SSSR count). The molecule has 1 aromatic carbocycles. The Morgan fingerprint density at radius 3 is 2.26 bits per heavy atom. The van der Waals surface area contributed by atoms with Gasteiger partial charge in [0.05, 0.1) is 7.11 Å². The molecule has 0 spiro atoms. The summed E-state index contributed by atoms with van der Waals surface area (Å²) in [4.78, 5) is 30.6. The highest BCUT2D eigenvalue weighted by atomic mass is 16.5. The fourth-order valence-electron chi connectivity index (χ4n) is 2.41. The first-order valence-electron chi connectivity index (χ1n) is 8.80. The highest BCUT2D eigenvalue weighted by molar-refractivity contribution is 5.96. The van der Waals surface area contributed by atoms with Gasteiger partial charge in [-0.3, -0.25) is 9.59 Å². The van der Waals surface area contributed by atoms with Crippen molar-refractivity contribution in [1.82, 2.24) is 20.5 Å². The van der Waals surface area contributed by atoms with Crippen molar-refractivity contribution in [3.63, 3.8) is 0 Å². The molecule has 0 fully saturated rings. The van der Waals surface area contributed by atoms with Crippen molar-refractivity contribution in [2.24, 2.45) is 0 Å². The standard InChI is InChI=1S/C20H26N4O3/c1-24(2)13-12-22-20(26)18-9-5-8-17(23-18)19(25)21-11-10-15-6-4-7-16(14-15)27-3/h4-9,14H,10-13H2,1-3H3,(H,21,25)(H,22,26). The first-order chi connectivity index (χ1) is 13.0. The second kappa shape index (κ2) is 10.3. The Balaban J connectivity index is 1.87. The molecule has 0 bridgehead atoms. The molecule has 0 aliphatic heterocycles. The minimum absolute atomic E-state index is 0.223. The van der Waals surface area contributed by atoms with Crippen molar-refractivity contribution in [1.29, 1.82) is 0 Å². The smallest absolute Gasteiger partial charge is 0.269 e. The summed E-state index contributed by atoms with van der Waals surface area (Å²) in [6.07, 6.45) is 0.674. The van der Waals surface area contributed by atoms with Gasteiger partial charge in [-0.15, -0.1) is 0 Å². The number of rotatable bonds is 9. The van der Waals surface area contributed by atoms with Crippen molar-refractivity contribution < 1.29 is 14.3 Å². The van der Waals surface area contributed by atoms with Gasteiger partial charge in [-0.25, -0.2) is 4.98 Å². The Bertz CT molecular complexity index is 777. The average molecular weight is 370 g/mol. The molecule has 144 valence electrons. The Kier molecular flexibility index (Phi) is 7.76. The van der Waals surface area contributed by atoms with E-state index < -0.39 is 0 Å². The van der Waals surface area contributed by atoms with Gasteiger partial charge < -0.3 is 20.3 Å². The van der Waals surface area contributed by atoms with Crippen LogP contribution in [0.4, 0.5) is 0 Å². The van der Waals surface area contributed by atoms with Crippen molar-refractivity contribution in [3.8, 4) is 5.75 Å². The molecule has 0 atom stereocenters. The Labute approximate surface area is 159 Å². The zero-order valence-electron chi connectivity index (χ0n) is 16.0. The molecule has 7 heteroatoms. The normalized spacial score (nSPS) is 10.5. The summed E-state index contributed by atoms with van der Waals surface area (Å²) in [5, 5.41) is 5.61. The number of hydrogen-bond donors (Lipinski definition) is 2. The molecule has 0 saturated heterocycles. The zero-order valence-corrected chi connectivity index (χ0v) is 16.0. The van der Waals surface area contributed by atoms with Crippen molar-refractivity contribution in [2.45, 2.75) is 6.42 Å². The van der Waals surface area contributed by atoms with E-state index in [0.29, 0.717) is 19.5 Å². The SMILES string of the molecule is COc1cccc(CCNC(=O)c2cccc(C(=O)NCCN(C)C)n2)c1. The van der Waals surface area contributed by atoms with Crippen LogP contribution >= 0.6 is 0 Å². The molecule has 2 N–H and O–H groups in total. The summed E-state index contributed by atoms with van der Waals surface area (Å²) in [7, 11) is 5.48. The van der Waals surface area contributed by atoms with Crippen LogP contribution in [-0.4, -0.2) is 62.5 Å². The monoisotopic (exact) mass is 370 g/mol. The van der Waals surface area contributed by atoms with Crippen LogP contribution in [0.5, 0.6) is 5.75 Å². The van der Waals surface area contributed by atoms with Gasteiger partial charge in [-0.1, -0.05) is 18.2 Å². The quantitative estimate of drug-likeness (QED) is 0.696. The third-order valence-electron chi connectivity index (χ3n) is 3.89. The van der Waals surface area contributed by atoms with Crippen LogP contribution in [0.25, 0.3) is 0 Å². The van der Waals surface area contributed by atoms with E-state index in [1.807, 2.05) is 43.3 Å². The number of carbonyl (C=O) groups is 2. The second-order valence-electron chi connectivity index (χ2n) is 6.32. The van der Waals surface area contributed by atoms with Gasteiger partial charge >= 0.3 is 0 Å².